The lowest BCUT2D eigenvalue weighted by molar-refractivity contribution is 0.0870. The third-order valence-electron chi connectivity index (χ3n) is 2.40. The van der Waals surface area contributed by atoms with Gasteiger partial charge in [-0.1, -0.05) is 26.2 Å². The Hall–Kier alpha value is -0.343. The Labute approximate surface area is 114 Å². The van der Waals surface area contributed by atoms with Crippen LogP contribution in [0, 0.1) is 11.5 Å². The summed E-state index contributed by atoms with van der Waals surface area (Å²) < 4.78 is 17.0. The van der Waals surface area contributed by atoms with Crippen molar-refractivity contribution in [2.45, 2.75) is 59.8 Å². The molecule has 0 spiro atoms. The summed E-state index contributed by atoms with van der Waals surface area (Å²) in [4.78, 5) is 0. The van der Waals surface area contributed by atoms with Gasteiger partial charge in [-0.05, 0) is 32.7 Å². The number of rotatable bonds is 10. The van der Waals surface area contributed by atoms with Crippen molar-refractivity contribution in [2.24, 2.45) is 0 Å². The van der Waals surface area contributed by atoms with Crippen molar-refractivity contribution in [3.8, 4) is 11.5 Å². The molecule has 0 aromatic carbocycles. The van der Waals surface area contributed by atoms with Crippen LogP contribution in [0.15, 0.2) is 0 Å². The van der Waals surface area contributed by atoms with E-state index >= 15 is 0 Å². The third-order valence-corrected chi connectivity index (χ3v) is 4.89. The van der Waals surface area contributed by atoms with Gasteiger partial charge in [-0.15, -0.1) is 5.92 Å². The predicted octanol–water partition coefficient (Wildman–Crippen LogP) is 3.55. The van der Waals surface area contributed by atoms with Gasteiger partial charge < -0.3 is 13.3 Å². The van der Waals surface area contributed by atoms with E-state index in [1.807, 2.05) is 20.8 Å². The molecule has 0 radical (unpaired) electrons. The number of hydrogen-bond donors (Lipinski definition) is 0. The molecule has 18 heavy (non-hydrogen) atoms. The minimum atomic E-state index is -2.73. The summed E-state index contributed by atoms with van der Waals surface area (Å²) in [5.41, 5.74) is 3.14. The normalized spacial score (nSPS) is 11.1. The lowest BCUT2D eigenvalue weighted by Crippen LogP contribution is -2.45. The van der Waals surface area contributed by atoms with Gasteiger partial charge in [-0.3, -0.25) is 0 Å². The summed E-state index contributed by atoms with van der Waals surface area (Å²) in [6.45, 7) is 9.79. The highest BCUT2D eigenvalue weighted by Gasteiger charge is 2.39. The zero-order valence-corrected chi connectivity index (χ0v) is 13.4. The molecule has 0 aromatic heterocycles. The Balaban J connectivity index is 4.31. The highest BCUT2D eigenvalue weighted by atomic mass is 28.4. The minimum Gasteiger partial charge on any atom is -0.364 e. The second kappa shape index (κ2) is 11.7. The maximum atomic E-state index is 5.66. The van der Waals surface area contributed by atoms with Crippen LogP contribution in [0.3, 0.4) is 0 Å². The molecule has 0 saturated carbocycles. The Bertz CT molecular complexity index is 228. The summed E-state index contributed by atoms with van der Waals surface area (Å²) in [5.74, 6) is 3.18. The quantitative estimate of drug-likeness (QED) is 0.346. The summed E-state index contributed by atoms with van der Waals surface area (Å²) in [5, 5.41) is 0. The van der Waals surface area contributed by atoms with Gasteiger partial charge in [0, 0.05) is 26.2 Å². The Morgan fingerprint density at radius 2 is 1.33 bits per heavy atom. The van der Waals surface area contributed by atoms with Crippen LogP contribution in [-0.4, -0.2) is 28.6 Å². The van der Waals surface area contributed by atoms with Crippen molar-refractivity contribution in [1.82, 2.24) is 0 Å². The van der Waals surface area contributed by atoms with E-state index < -0.39 is 8.80 Å². The molecule has 0 unspecified atom stereocenters. The van der Waals surface area contributed by atoms with Crippen molar-refractivity contribution in [3.05, 3.63) is 0 Å². The molecule has 0 rings (SSSR count). The Morgan fingerprint density at radius 1 is 0.778 bits per heavy atom. The zero-order valence-electron chi connectivity index (χ0n) is 12.4. The lowest BCUT2D eigenvalue weighted by atomic mass is 10.2. The van der Waals surface area contributed by atoms with Crippen molar-refractivity contribution < 1.29 is 13.3 Å². The molecule has 0 amide bonds. The van der Waals surface area contributed by atoms with Crippen LogP contribution in [0.4, 0.5) is 0 Å². The van der Waals surface area contributed by atoms with Gasteiger partial charge in [0.1, 0.15) is 0 Å². The summed E-state index contributed by atoms with van der Waals surface area (Å²) in [7, 11) is -2.73. The number of unbranched alkanes of at least 4 members (excludes halogenated alkanes) is 4. The molecule has 0 heterocycles. The van der Waals surface area contributed by atoms with Gasteiger partial charge in [0.05, 0.1) is 0 Å². The molecule has 106 valence electrons. The Morgan fingerprint density at radius 3 is 1.78 bits per heavy atom. The summed E-state index contributed by atoms with van der Waals surface area (Å²) in [6, 6.07) is 0. The van der Waals surface area contributed by atoms with Gasteiger partial charge in [0.25, 0.3) is 0 Å². The van der Waals surface area contributed by atoms with Gasteiger partial charge in [0.2, 0.25) is 0 Å². The van der Waals surface area contributed by atoms with E-state index in [2.05, 4.69) is 18.4 Å². The van der Waals surface area contributed by atoms with E-state index in [-0.39, 0.29) is 0 Å². The van der Waals surface area contributed by atoms with Crippen molar-refractivity contribution in [1.29, 1.82) is 0 Å². The largest absolute Gasteiger partial charge is 0.591 e. The monoisotopic (exact) mass is 272 g/mol. The van der Waals surface area contributed by atoms with Gasteiger partial charge >= 0.3 is 8.80 Å². The topological polar surface area (TPSA) is 27.7 Å². The second-order valence-corrected chi connectivity index (χ2v) is 6.20. The van der Waals surface area contributed by atoms with Crippen molar-refractivity contribution in [3.63, 3.8) is 0 Å². The average molecular weight is 272 g/mol. The summed E-state index contributed by atoms with van der Waals surface area (Å²) in [6.07, 6.45) is 5.84. The van der Waals surface area contributed by atoms with E-state index in [0.717, 1.165) is 12.8 Å². The molecule has 0 N–H and O–H groups in total. The molecule has 0 fully saturated rings. The van der Waals surface area contributed by atoms with E-state index in [4.69, 9.17) is 13.3 Å². The van der Waals surface area contributed by atoms with E-state index in [9.17, 15) is 0 Å². The van der Waals surface area contributed by atoms with Crippen LogP contribution in [0.2, 0.25) is 0 Å². The summed E-state index contributed by atoms with van der Waals surface area (Å²) >= 11 is 0. The molecular formula is C14H28O3Si. The van der Waals surface area contributed by atoms with Crippen LogP contribution in [0.1, 0.15) is 59.8 Å². The average Bonchev–Trinajstić information content (AvgIpc) is 2.35. The zero-order chi connectivity index (χ0) is 13.7. The SMILES string of the molecule is CCCCCCC#C[Si](OCC)(OCC)OCC. The maximum absolute atomic E-state index is 5.66. The van der Waals surface area contributed by atoms with Crippen LogP contribution in [0.5, 0.6) is 0 Å². The molecule has 0 saturated heterocycles. The van der Waals surface area contributed by atoms with Crippen LogP contribution >= 0.6 is 0 Å². The van der Waals surface area contributed by atoms with E-state index in [1.165, 1.54) is 19.3 Å². The maximum Gasteiger partial charge on any atom is 0.591 e. The lowest BCUT2D eigenvalue weighted by Gasteiger charge is -2.22. The molecule has 0 atom stereocenters. The first-order valence-corrected chi connectivity index (χ1v) is 8.89. The van der Waals surface area contributed by atoms with Gasteiger partial charge in [-0.2, -0.15) is 0 Å². The second-order valence-electron chi connectivity index (χ2n) is 3.97. The standard InChI is InChI=1S/C14H28O3Si/c1-5-9-10-11-12-13-14-18(15-6-2,16-7-3)17-8-4/h5-12H2,1-4H3. The molecule has 0 aromatic rings. The Kier molecular flexibility index (Phi) is 11.5. The van der Waals surface area contributed by atoms with Gasteiger partial charge in [0.15, 0.2) is 0 Å². The molecule has 0 aliphatic carbocycles. The molecule has 0 aliphatic rings. The fraction of sp³-hybridized carbons (Fsp3) is 0.857. The van der Waals surface area contributed by atoms with Crippen LogP contribution in [0.25, 0.3) is 0 Å². The van der Waals surface area contributed by atoms with Crippen LogP contribution < -0.4 is 0 Å². The van der Waals surface area contributed by atoms with Gasteiger partial charge in [-0.25, -0.2) is 0 Å². The first-order valence-electron chi connectivity index (χ1n) is 7.16. The molecule has 0 bridgehead atoms. The van der Waals surface area contributed by atoms with Crippen molar-refractivity contribution >= 4 is 8.80 Å². The first kappa shape index (κ1) is 17.7. The highest BCUT2D eigenvalue weighted by molar-refractivity contribution is 6.69. The molecule has 0 aliphatic heterocycles. The molecular weight excluding hydrogens is 244 g/mol. The van der Waals surface area contributed by atoms with E-state index in [0.29, 0.717) is 19.8 Å². The fourth-order valence-corrected chi connectivity index (χ4v) is 3.56. The number of hydrogen-bond acceptors (Lipinski definition) is 3. The smallest absolute Gasteiger partial charge is 0.364 e. The van der Waals surface area contributed by atoms with Crippen LogP contribution in [-0.2, 0) is 13.3 Å². The fourth-order valence-electron chi connectivity index (χ4n) is 1.61. The van der Waals surface area contributed by atoms with Crippen molar-refractivity contribution in [2.75, 3.05) is 19.8 Å². The first-order chi connectivity index (χ1) is 8.74. The highest BCUT2D eigenvalue weighted by Crippen LogP contribution is 2.09. The molecule has 3 nitrogen and oxygen atoms in total. The van der Waals surface area contributed by atoms with E-state index in [1.54, 1.807) is 0 Å². The molecule has 4 heteroatoms. The predicted molar refractivity (Wildman–Crippen MR) is 77.2 cm³/mol. The minimum absolute atomic E-state index is 0.580. The third kappa shape index (κ3) is 7.88.